The predicted octanol–water partition coefficient (Wildman–Crippen LogP) is 3.74. The van der Waals surface area contributed by atoms with E-state index in [1.165, 1.54) is 20.0 Å². The SMILES string of the molecule is COc1ccccc1NC(=O)COc1ccc(C(=O)N2CCC3(CC2)CC3)cc1OC. The number of rotatable bonds is 7. The van der Waals surface area contributed by atoms with Crippen LogP contribution in [-0.2, 0) is 4.79 Å². The number of nitrogens with zero attached hydrogens (tertiary/aromatic N) is 1. The molecule has 2 fully saturated rings. The number of carbonyl (C=O) groups excluding carboxylic acids is 2. The fourth-order valence-corrected chi connectivity index (χ4v) is 4.04. The highest BCUT2D eigenvalue weighted by Crippen LogP contribution is 2.53. The lowest BCUT2D eigenvalue weighted by atomic mass is 9.93. The molecule has 2 amide bonds. The van der Waals surface area contributed by atoms with Crippen LogP contribution < -0.4 is 19.5 Å². The number of nitrogens with one attached hydrogen (secondary N) is 1. The van der Waals surface area contributed by atoms with Crippen molar-refractivity contribution in [2.75, 3.05) is 39.2 Å². The van der Waals surface area contributed by atoms with Gasteiger partial charge in [0.1, 0.15) is 5.75 Å². The van der Waals surface area contributed by atoms with Gasteiger partial charge in [0.2, 0.25) is 0 Å². The third-order valence-corrected chi connectivity index (χ3v) is 6.22. The smallest absolute Gasteiger partial charge is 0.262 e. The number of amides is 2. The zero-order valence-corrected chi connectivity index (χ0v) is 18.0. The van der Waals surface area contributed by atoms with Crippen LogP contribution >= 0.6 is 0 Å². The molecule has 2 aromatic carbocycles. The van der Waals surface area contributed by atoms with Crippen LogP contribution in [0.5, 0.6) is 17.2 Å². The standard InChI is InChI=1S/C24H28N2O5/c1-29-19-6-4-3-5-18(19)25-22(27)16-31-20-8-7-17(15-21(20)30-2)23(28)26-13-11-24(9-10-24)12-14-26/h3-8,15H,9-14,16H2,1-2H3,(H,25,27). The van der Waals surface area contributed by atoms with E-state index in [1.54, 1.807) is 37.4 Å². The molecule has 1 heterocycles. The summed E-state index contributed by atoms with van der Waals surface area (Å²) in [6.45, 7) is 1.42. The summed E-state index contributed by atoms with van der Waals surface area (Å²) < 4.78 is 16.3. The van der Waals surface area contributed by atoms with Crippen molar-refractivity contribution in [3.8, 4) is 17.2 Å². The molecule has 1 N–H and O–H groups in total. The van der Waals surface area contributed by atoms with Gasteiger partial charge in [-0.25, -0.2) is 0 Å². The quantitative estimate of drug-likeness (QED) is 0.733. The zero-order valence-electron chi connectivity index (χ0n) is 18.0. The number of anilines is 1. The third kappa shape index (κ3) is 4.76. The molecule has 2 aliphatic rings. The van der Waals surface area contributed by atoms with Crippen LogP contribution in [-0.4, -0.2) is 50.6 Å². The molecule has 1 aliphatic heterocycles. The molecular formula is C24H28N2O5. The van der Waals surface area contributed by atoms with Gasteiger partial charge in [0.15, 0.2) is 18.1 Å². The summed E-state index contributed by atoms with van der Waals surface area (Å²) in [6, 6.07) is 12.2. The Morgan fingerprint density at radius 1 is 0.935 bits per heavy atom. The predicted molar refractivity (Wildman–Crippen MR) is 117 cm³/mol. The number of likely N-dealkylation sites (tertiary alicyclic amines) is 1. The lowest BCUT2D eigenvalue weighted by Gasteiger charge is -2.32. The first-order valence-corrected chi connectivity index (χ1v) is 10.6. The lowest BCUT2D eigenvalue weighted by Crippen LogP contribution is -2.39. The Hall–Kier alpha value is -3.22. The largest absolute Gasteiger partial charge is 0.495 e. The highest BCUT2D eigenvalue weighted by Gasteiger charge is 2.45. The maximum Gasteiger partial charge on any atom is 0.262 e. The molecule has 1 spiro atoms. The number of para-hydroxylation sites is 2. The van der Waals surface area contributed by atoms with Crippen LogP contribution in [0.1, 0.15) is 36.0 Å². The van der Waals surface area contributed by atoms with Crippen LogP contribution in [0, 0.1) is 5.41 Å². The Labute approximate surface area is 182 Å². The Kier molecular flexibility index (Phi) is 6.02. The van der Waals surface area contributed by atoms with Gasteiger partial charge in [-0.2, -0.15) is 0 Å². The maximum atomic E-state index is 12.9. The highest BCUT2D eigenvalue weighted by atomic mass is 16.5. The Bertz CT molecular complexity index is 960. The van der Waals surface area contributed by atoms with E-state index in [4.69, 9.17) is 14.2 Å². The number of methoxy groups -OCH3 is 2. The lowest BCUT2D eigenvalue weighted by molar-refractivity contribution is -0.118. The van der Waals surface area contributed by atoms with E-state index in [0.29, 0.717) is 33.9 Å². The maximum absolute atomic E-state index is 12.9. The second-order valence-corrected chi connectivity index (χ2v) is 8.19. The van der Waals surface area contributed by atoms with E-state index in [0.717, 1.165) is 25.9 Å². The second-order valence-electron chi connectivity index (χ2n) is 8.19. The van der Waals surface area contributed by atoms with Gasteiger partial charge in [0.25, 0.3) is 11.8 Å². The van der Waals surface area contributed by atoms with Crippen LogP contribution in [0.2, 0.25) is 0 Å². The number of piperidine rings is 1. The average Bonchev–Trinajstić information content (AvgIpc) is 3.56. The molecule has 1 saturated carbocycles. The van der Waals surface area contributed by atoms with Crippen LogP contribution in [0.25, 0.3) is 0 Å². The van der Waals surface area contributed by atoms with Crippen molar-refractivity contribution in [1.82, 2.24) is 4.90 Å². The van der Waals surface area contributed by atoms with Crippen molar-refractivity contribution in [2.45, 2.75) is 25.7 Å². The topological polar surface area (TPSA) is 77.1 Å². The number of hydrogen-bond donors (Lipinski definition) is 1. The summed E-state index contributed by atoms with van der Waals surface area (Å²) in [4.78, 5) is 27.1. The first kappa shape index (κ1) is 21.0. The van der Waals surface area contributed by atoms with Gasteiger partial charge < -0.3 is 24.4 Å². The average molecular weight is 424 g/mol. The molecule has 1 aliphatic carbocycles. The van der Waals surface area contributed by atoms with Crippen molar-refractivity contribution in [1.29, 1.82) is 0 Å². The minimum absolute atomic E-state index is 0.00858. The molecule has 0 aromatic heterocycles. The van der Waals surface area contributed by atoms with Crippen LogP contribution in [0.4, 0.5) is 5.69 Å². The van der Waals surface area contributed by atoms with E-state index in [9.17, 15) is 9.59 Å². The van der Waals surface area contributed by atoms with Gasteiger partial charge in [0, 0.05) is 18.7 Å². The van der Waals surface area contributed by atoms with Crippen LogP contribution in [0.15, 0.2) is 42.5 Å². The summed E-state index contributed by atoms with van der Waals surface area (Å²) >= 11 is 0. The van der Waals surface area contributed by atoms with E-state index in [2.05, 4.69) is 5.32 Å². The molecule has 0 unspecified atom stereocenters. The molecule has 2 aromatic rings. The molecular weight excluding hydrogens is 396 g/mol. The van der Waals surface area contributed by atoms with E-state index >= 15 is 0 Å². The van der Waals surface area contributed by atoms with Gasteiger partial charge in [-0.15, -0.1) is 0 Å². The highest BCUT2D eigenvalue weighted by molar-refractivity contribution is 5.95. The molecule has 1 saturated heterocycles. The summed E-state index contributed by atoms with van der Waals surface area (Å²) in [7, 11) is 3.06. The fourth-order valence-electron chi connectivity index (χ4n) is 4.04. The monoisotopic (exact) mass is 424 g/mol. The minimum Gasteiger partial charge on any atom is -0.495 e. The van der Waals surface area contributed by atoms with Crippen molar-refractivity contribution in [3.63, 3.8) is 0 Å². The molecule has 0 atom stereocenters. The molecule has 31 heavy (non-hydrogen) atoms. The van der Waals surface area contributed by atoms with Gasteiger partial charge in [0.05, 0.1) is 19.9 Å². The Morgan fingerprint density at radius 3 is 2.32 bits per heavy atom. The number of benzene rings is 2. The first-order chi connectivity index (χ1) is 15.0. The minimum atomic E-state index is -0.325. The van der Waals surface area contributed by atoms with E-state index in [1.807, 2.05) is 17.0 Å². The van der Waals surface area contributed by atoms with Gasteiger partial charge >= 0.3 is 0 Å². The first-order valence-electron chi connectivity index (χ1n) is 10.6. The summed E-state index contributed by atoms with van der Waals surface area (Å²) in [5.74, 6) is 1.08. The molecule has 4 rings (SSSR count). The molecule has 0 bridgehead atoms. The molecule has 164 valence electrons. The van der Waals surface area contributed by atoms with E-state index in [-0.39, 0.29) is 18.4 Å². The Balaban J connectivity index is 1.36. The number of carbonyl (C=O) groups is 2. The van der Waals surface area contributed by atoms with Crippen molar-refractivity contribution in [2.24, 2.45) is 5.41 Å². The van der Waals surface area contributed by atoms with Crippen molar-refractivity contribution >= 4 is 17.5 Å². The molecule has 0 radical (unpaired) electrons. The van der Waals surface area contributed by atoms with Crippen molar-refractivity contribution in [3.05, 3.63) is 48.0 Å². The van der Waals surface area contributed by atoms with Crippen LogP contribution in [0.3, 0.4) is 0 Å². The normalized spacial score (nSPS) is 16.5. The number of ether oxygens (including phenoxy) is 3. The summed E-state index contributed by atoms with van der Waals surface area (Å²) in [5, 5.41) is 2.76. The molecule has 7 heteroatoms. The summed E-state index contributed by atoms with van der Waals surface area (Å²) in [5.41, 5.74) is 1.66. The zero-order chi connectivity index (χ0) is 21.8. The second kappa shape index (κ2) is 8.88. The number of hydrogen-bond acceptors (Lipinski definition) is 5. The fraction of sp³-hybridized carbons (Fsp3) is 0.417. The Morgan fingerprint density at radius 2 is 1.65 bits per heavy atom. The van der Waals surface area contributed by atoms with Crippen molar-refractivity contribution < 1.29 is 23.8 Å². The van der Waals surface area contributed by atoms with Gasteiger partial charge in [-0.3, -0.25) is 9.59 Å². The van der Waals surface area contributed by atoms with Gasteiger partial charge in [-0.05, 0) is 61.4 Å². The third-order valence-electron chi connectivity index (χ3n) is 6.22. The van der Waals surface area contributed by atoms with Gasteiger partial charge in [-0.1, -0.05) is 12.1 Å². The molecule has 7 nitrogen and oxygen atoms in total. The van der Waals surface area contributed by atoms with E-state index < -0.39 is 0 Å². The summed E-state index contributed by atoms with van der Waals surface area (Å²) in [6.07, 6.45) is 4.80.